The van der Waals surface area contributed by atoms with E-state index in [1.807, 2.05) is 0 Å². The topological polar surface area (TPSA) is 33.1 Å². The lowest BCUT2D eigenvalue weighted by molar-refractivity contribution is 0.0783. The van der Waals surface area contributed by atoms with Crippen molar-refractivity contribution in [3.8, 4) is 0 Å². The molecule has 2 nitrogen and oxygen atoms in total. The molecule has 0 fully saturated rings. The summed E-state index contributed by atoms with van der Waals surface area (Å²) in [6.45, 7) is -6.09. The van der Waals surface area contributed by atoms with E-state index in [4.69, 9.17) is 8.22 Å². The fraction of sp³-hybridized carbons (Fsp3) is 0.500. The lowest BCUT2D eigenvalue weighted by atomic mass is 10.2. The van der Waals surface area contributed by atoms with Gasteiger partial charge in [-0.3, -0.25) is 0 Å². The first-order valence-electron chi connectivity index (χ1n) is 5.23. The molecule has 3 heteroatoms. The Morgan fingerprint density at radius 3 is 3.11 bits per heavy atom. The molecule has 0 unspecified atom stereocenters. The summed E-state index contributed by atoms with van der Waals surface area (Å²) in [6, 6.07) is 0. The number of thiazole rings is 1. The molecule has 0 aliphatic rings. The summed E-state index contributed by atoms with van der Waals surface area (Å²) in [4.78, 5) is 3.57. The molecule has 1 heterocycles. The summed E-state index contributed by atoms with van der Waals surface area (Å²) in [5.74, 6) is 0. The molecule has 9 heavy (non-hydrogen) atoms. The van der Waals surface area contributed by atoms with Gasteiger partial charge in [0.05, 0.1) is 0 Å². The highest BCUT2D eigenvalue weighted by Crippen LogP contribution is 2.20. The van der Waals surface area contributed by atoms with Crippen LogP contribution < -0.4 is 0 Å². The molecule has 0 aliphatic heterocycles. The van der Waals surface area contributed by atoms with Crippen molar-refractivity contribution in [3.63, 3.8) is 0 Å². The smallest absolute Gasteiger partial charge is 0.124 e. The zero-order valence-electron chi connectivity index (χ0n) is 10.5. The van der Waals surface area contributed by atoms with Gasteiger partial charge >= 0.3 is 0 Å². The average molecular weight is 149 g/mol. The third-order valence-electron chi connectivity index (χ3n) is 0.742. The summed E-state index contributed by atoms with van der Waals surface area (Å²) >= 11 is 0.802. The van der Waals surface area contributed by atoms with E-state index >= 15 is 0 Å². The summed E-state index contributed by atoms with van der Waals surface area (Å²) in [7, 11) is 0. The Morgan fingerprint density at radius 2 is 2.67 bits per heavy atom. The number of nitrogens with zero attached hydrogens (tertiary/aromatic N) is 1. The molecule has 0 radical (unpaired) electrons. The SMILES string of the molecule is [2H]C([2H])([2H])C(O)(c1nccs1)C([2H])([2H])[2H]. The zero-order valence-corrected chi connectivity index (χ0v) is 5.27. The van der Waals surface area contributed by atoms with Crippen molar-refractivity contribution in [2.24, 2.45) is 0 Å². The second-order valence-corrected chi connectivity index (χ2v) is 2.44. The predicted octanol–water partition coefficient (Wildman–Crippen LogP) is 1.37. The van der Waals surface area contributed by atoms with E-state index in [0.29, 0.717) is 0 Å². The molecule has 0 aliphatic carbocycles. The summed E-state index contributed by atoms with van der Waals surface area (Å²) in [6.07, 6.45) is 1.25. The Morgan fingerprint density at radius 1 is 1.89 bits per heavy atom. The third kappa shape index (κ3) is 1.50. The van der Waals surface area contributed by atoms with Gasteiger partial charge in [-0.15, -0.1) is 11.3 Å². The van der Waals surface area contributed by atoms with Crippen molar-refractivity contribution < 1.29 is 13.3 Å². The lowest BCUT2D eigenvalue weighted by Gasteiger charge is -2.11. The van der Waals surface area contributed by atoms with E-state index in [1.54, 1.807) is 0 Å². The number of rotatable bonds is 1. The fourth-order valence-corrected chi connectivity index (χ4v) is 0.945. The van der Waals surface area contributed by atoms with Crippen LogP contribution in [0.3, 0.4) is 0 Å². The van der Waals surface area contributed by atoms with Crippen LogP contribution in [0.15, 0.2) is 11.6 Å². The normalized spacial score (nSPS) is 24.6. The van der Waals surface area contributed by atoms with E-state index < -0.39 is 19.3 Å². The maximum atomic E-state index is 9.87. The largest absolute Gasteiger partial charge is 0.383 e. The molecule has 0 spiro atoms. The molecule has 0 bridgehead atoms. The molecule has 0 amide bonds. The van der Waals surface area contributed by atoms with E-state index in [9.17, 15) is 5.11 Å². The highest BCUT2D eigenvalue weighted by molar-refractivity contribution is 7.09. The Balaban J connectivity index is 3.33. The summed E-state index contributed by atoms with van der Waals surface area (Å²) < 4.78 is 42.6. The molecule has 50 valence electrons. The minimum absolute atomic E-state index is 0.317. The van der Waals surface area contributed by atoms with Gasteiger partial charge < -0.3 is 5.11 Å². The van der Waals surface area contributed by atoms with E-state index in [0.717, 1.165) is 11.3 Å². The minimum atomic E-state index is -3.05. The van der Waals surface area contributed by atoms with E-state index in [2.05, 4.69) is 4.98 Å². The van der Waals surface area contributed by atoms with E-state index in [-0.39, 0.29) is 5.01 Å². The van der Waals surface area contributed by atoms with Crippen LogP contribution in [0.1, 0.15) is 26.9 Å². The van der Waals surface area contributed by atoms with Crippen LogP contribution in [-0.2, 0) is 5.60 Å². The Kier molecular flexibility index (Phi) is 0.537. The third-order valence-corrected chi connectivity index (χ3v) is 1.62. The van der Waals surface area contributed by atoms with Gasteiger partial charge in [-0.25, -0.2) is 4.98 Å². The van der Waals surface area contributed by atoms with Crippen molar-refractivity contribution in [2.75, 3.05) is 0 Å². The molecule has 0 saturated carbocycles. The second kappa shape index (κ2) is 2.08. The van der Waals surface area contributed by atoms with Crippen molar-refractivity contribution in [2.45, 2.75) is 19.3 Å². The fourth-order valence-electron chi connectivity index (χ4n) is 0.402. The molecule has 0 atom stereocenters. The first-order valence-corrected chi connectivity index (χ1v) is 3.11. The Labute approximate surface area is 66.6 Å². The van der Waals surface area contributed by atoms with Crippen LogP contribution in [0.5, 0.6) is 0 Å². The summed E-state index contributed by atoms with van der Waals surface area (Å²) in [5, 5.41) is 11.0. The van der Waals surface area contributed by atoms with E-state index in [1.165, 1.54) is 11.6 Å². The van der Waals surface area contributed by atoms with Crippen molar-refractivity contribution >= 4 is 11.3 Å². The Hall–Kier alpha value is -0.410. The monoisotopic (exact) mass is 149 g/mol. The zero-order chi connectivity index (χ0) is 11.9. The van der Waals surface area contributed by atoms with Crippen molar-refractivity contribution in [1.29, 1.82) is 0 Å². The molecule has 1 N–H and O–H groups in total. The first kappa shape index (κ1) is 2.32. The van der Waals surface area contributed by atoms with Gasteiger partial charge in [0.25, 0.3) is 0 Å². The van der Waals surface area contributed by atoms with Gasteiger partial charge in [-0.2, -0.15) is 0 Å². The first-order chi connectivity index (χ1) is 6.61. The molecule has 0 aromatic carbocycles. The van der Waals surface area contributed by atoms with Crippen molar-refractivity contribution in [1.82, 2.24) is 4.98 Å². The van der Waals surface area contributed by atoms with Gasteiger partial charge in [0.1, 0.15) is 10.6 Å². The Bertz CT molecular complexity index is 314. The van der Waals surface area contributed by atoms with Gasteiger partial charge in [0.2, 0.25) is 0 Å². The molecular formula is C6H9NOS. The summed E-state index contributed by atoms with van der Waals surface area (Å²) in [5.41, 5.74) is -2.89. The molecule has 1 aromatic rings. The number of hydrogen-bond donors (Lipinski definition) is 1. The molecular weight excluding hydrogens is 134 g/mol. The highest BCUT2D eigenvalue weighted by atomic mass is 32.1. The molecule has 1 rings (SSSR count). The predicted molar refractivity (Wildman–Crippen MR) is 37.4 cm³/mol. The maximum Gasteiger partial charge on any atom is 0.124 e. The average Bonchev–Trinajstić information content (AvgIpc) is 2.49. The van der Waals surface area contributed by atoms with Gasteiger partial charge in [0.15, 0.2) is 0 Å². The second-order valence-electron chi connectivity index (χ2n) is 1.55. The maximum absolute atomic E-state index is 9.87. The molecule has 1 aromatic heterocycles. The van der Waals surface area contributed by atoms with Crippen LogP contribution >= 0.6 is 11.3 Å². The standard InChI is InChI=1S/C6H9NOS/c1-6(2,8)5-7-3-4-9-5/h3-4,8H,1-2H3/i1D3,2D3. The quantitative estimate of drug-likeness (QED) is 0.654. The van der Waals surface area contributed by atoms with Crippen molar-refractivity contribution in [3.05, 3.63) is 16.6 Å². The van der Waals surface area contributed by atoms with Gasteiger partial charge in [0, 0.05) is 19.8 Å². The van der Waals surface area contributed by atoms with Crippen LogP contribution in [-0.4, -0.2) is 10.1 Å². The van der Waals surface area contributed by atoms with Gasteiger partial charge in [-0.05, 0) is 13.7 Å². The highest BCUT2D eigenvalue weighted by Gasteiger charge is 2.17. The number of aliphatic hydroxyl groups is 1. The minimum Gasteiger partial charge on any atom is -0.383 e. The van der Waals surface area contributed by atoms with Crippen LogP contribution in [0, 0.1) is 0 Å². The molecule has 0 saturated heterocycles. The number of aromatic nitrogens is 1. The van der Waals surface area contributed by atoms with Crippen LogP contribution in [0.4, 0.5) is 0 Å². The lowest BCUT2D eigenvalue weighted by Crippen LogP contribution is -2.14. The van der Waals surface area contributed by atoms with Gasteiger partial charge in [-0.1, -0.05) is 0 Å². The van der Waals surface area contributed by atoms with Crippen LogP contribution in [0.25, 0.3) is 0 Å². The number of hydrogen-bond acceptors (Lipinski definition) is 3. The van der Waals surface area contributed by atoms with Crippen LogP contribution in [0.2, 0.25) is 0 Å².